The van der Waals surface area contributed by atoms with Crippen molar-refractivity contribution in [2.45, 2.75) is 57.8 Å². The molecule has 0 aromatic heterocycles. The molecule has 0 spiro atoms. The van der Waals surface area contributed by atoms with Crippen molar-refractivity contribution in [2.24, 2.45) is 0 Å². The number of hydrogen-bond acceptors (Lipinski definition) is 1. The highest BCUT2D eigenvalue weighted by atomic mass is 16.4. The van der Waals surface area contributed by atoms with Gasteiger partial charge in [-0.25, -0.2) is 0 Å². The number of hydrogen-bond donors (Lipinski definition) is 1. The van der Waals surface area contributed by atoms with Crippen LogP contribution in [0, 0.1) is 0 Å². The van der Waals surface area contributed by atoms with E-state index in [1.54, 1.807) is 0 Å². The fourth-order valence-corrected chi connectivity index (χ4v) is 1.74. The normalized spacial score (nSPS) is 11.8. The van der Waals surface area contributed by atoms with Crippen molar-refractivity contribution in [3.8, 4) is 0 Å². The van der Waals surface area contributed by atoms with Gasteiger partial charge in [0.05, 0.1) is 0 Å². The van der Waals surface area contributed by atoms with E-state index >= 15 is 0 Å². The van der Waals surface area contributed by atoms with Gasteiger partial charge in [0, 0.05) is 6.42 Å². The minimum Gasteiger partial charge on any atom is -0.481 e. The van der Waals surface area contributed by atoms with Crippen LogP contribution in [0.25, 0.3) is 0 Å². The Hall–Kier alpha value is -1.57. The van der Waals surface area contributed by atoms with E-state index in [1.807, 2.05) is 6.08 Å². The highest BCUT2D eigenvalue weighted by molar-refractivity contribution is 5.66. The molecule has 0 atom stereocenters. The summed E-state index contributed by atoms with van der Waals surface area (Å²) in [6.07, 6.45) is 23.4. The summed E-state index contributed by atoms with van der Waals surface area (Å²) in [6, 6.07) is 0. The minimum absolute atomic E-state index is 0.307. The molecule has 2 nitrogen and oxygen atoms in total. The lowest BCUT2D eigenvalue weighted by atomic mass is 10.1. The minimum atomic E-state index is -0.684. The van der Waals surface area contributed by atoms with Crippen LogP contribution in [0.1, 0.15) is 57.8 Å². The fourth-order valence-electron chi connectivity index (χ4n) is 1.74. The Bertz CT molecular complexity index is 324. The molecule has 0 saturated carbocycles. The maximum absolute atomic E-state index is 10.3. The van der Waals surface area contributed by atoms with E-state index in [0.717, 1.165) is 51.4 Å². The molecule has 0 fully saturated rings. The molecule has 1 N–H and O–H groups in total. The van der Waals surface area contributed by atoms with Gasteiger partial charge >= 0.3 is 5.97 Å². The van der Waals surface area contributed by atoms with Gasteiger partial charge in [0.25, 0.3) is 0 Å². The summed E-state index contributed by atoms with van der Waals surface area (Å²) in [6.45, 7) is 3.66. The zero-order valence-electron chi connectivity index (χ0n) is 12.5. The molecular formula is C18H28O2. The van der Waals surface area contributed by atoms with E-state index in [-0.39, 0.29) is 0 Å². The van der Waals surface area contributed by atoms with Crippen molar-refractivity contribution < 1.29 is 9.90 Å². The lowest BCUT2D eigenvalue weighted by Gasteiger charge is -1.96. The zero-order chi connectivity index (χ0) is 14.9. The lowest BCUT2D eigenvalue weighted by Crippen LogP contribution is -1.93. The Morgan fingerprint density at radius 1 is 0.800 bits per heavy atom. The third-order valence-corrected chi connectivity index (χ3v) is 2.86. The highest BCUT2D eigenvalue weighted by Gasteiger charge is 1.95. The Kier molecular flexibility index (Phi) is 14.3. The van der Waals surface area contributed by atoms with Crippen molar-refractivity contribution >= 4 is 5.97 Å². The van der Waals surface area contributed by atoms with Crippen LogP contribution >= 0.6 is 0 Å². The van der Waals surface area contributed by atoms with Crippen LogP contribution in [0.4, 0.5) is 0 Å². The van der Waals surface area contributed by atoms with Gasteiger partial charge in [-0.05, 0) is 38.5 Å². The van der Waals surface area contributed by atoms with E-state index in [0.29, 0.717) is 6.42 Å². The molecule has 2 heteroatoms. The first-order valence-electron chi connectivity index (χ1n) is 7.55. The largest absolute Gasteiger partial charge is 0.481 e. The molecular weight excluding hydrogens is 248 g/mol. The zero-order valence-corrected chi connectivity index (χ0v) is 12.5. The van der Waals surface area contributed by atoms with Crippen molar-refractivity contribution in [1.29, 1.82) is 0 Å². The van der Waals surface area contributed by atoms with Crippen molar-refractivity contribution in [3.63, 3.8) is 0 Å². The highest BCUT2D eigenvalue weighted by Crippen LogP contribution is 2.06. The summed E-state index contributed by atoms with van der Waals surface area (Å²) >= 11 is 0. The number of unbranched alkanes of at least 4 members (excludes halogenated alkanes) is 4. The van der Waals surface area contributed by atoms with Crippen molar-refractivity contribution in [3.05, 3.63) is 49.1 Å². The smallest absolute Gasteiger partial charge is 0.303 e. The number of carboxylic acid groups (broad SMARTS) is 1. The van der Waals surface area contributed by atoms with E-state index in [1.165, 1.54) is 0 Å². The molecule has 0 aromatic carbocycles. The Morgan fingerprint density at radius 3 is 1.95 bits per heavy atom. The Balaban J connectivity index is 3.29. The molecule has 0 bridgehead atoms. The third kappa shape index (κ3) is 16.4. The van der Waals surface area contributed by atoms with Crippen LogP contribution in [0.3, 0.4) is 0 Å². The maximum Gasteiger partial charge on any atom is 0.303 e. The molecule has 0 heterocycles. The van der Waals surface area contributed by atoms with Gasteiger partial charge in [-0.1, -0.05) is 55.4 Å². The van der Waals surface area contributed by atoms with Gasteiger partial charge in [0.15, 0.2) is 0 Å². The molecule has 112 valence electrons. The summed E-state index contributed by atoms with van der Waals surface area (Å²) in [5.74, 6) is -0.684. The third-order valence-electron chi connectivity index (χ3n) is 2.86. The van der Waals surface area contributed by atoms with Gasteiger partial charge < -0.3 is 5.11 Å². The number of carboxylic acids is 1. The molecule has 0 amide bonds. The molecule has 0 aliphatic carbocycles. The first-order chi connectivity index (χ1) is 9.77. The quantitative estimate of drug-likeness (QED) is 0.359. The van der Waals surface area contributed by atoms with Gasteiger partial charge in [-0.15, -0.1) is 6.58 Å². The van der Waals surface area contributed by atoms with Crippen LogP contribution in [-0.4, -0.2) is 11.1 Å². The van der Waals surface area contributed by atoms with Crippen molar-refractivity contribution in [2.75, 3.05) is 0 Å². The monoisotopic (exact) mass is 276 g/mol. The Labute approximate surface area is 123 Å². The Morgan fingerprint density at radius 2 is 1.35 bits per heavy atom. The van der Waals surface area contributed by atoms with Crippen molar-refractivity contribution in [1.82, 2.24) is 0 Å². The SMILES string of the molecule is C=CCC=CCC=CCC=CCCCCCCC(=O)O. The van der Waals surface area contributed by atoms with Crippen LogP contribution in [0.2, 0.25) is 0 Å². The second-order valence-corrected chi connectivity index (χ2v) is 4.76. The molecule has 0 aromatic rings. The molecule has 20 heavy (non-hydrogen) atoms. The second-order valence-electron chi connectivity index (χ2n) is 4.76. The fraction of sp³-hybridized carbons (Fsp3) is 0.500. The second kappa shape index (κ2) is 15.5. The number of carbonyl (C=O) groups is 1. The first-order valence-corrected chi connectivity index (χ1v) is 7.55. The summed E-state index contributed by atoms with van der Waals surface area (Å²) in [5.41, 5.74) is 0. The summed E-state index contributed by atoms with van der Waals surface area (Å²) in [7, 11) is 0. The summed E-state index contributed by atoms with van der Waals surface area (Å²) in [5, 5.41) is 8.49. The average Bonchev–Trinajstić information content (AvgIpc) is 2.43. The molecule has 0 unspecified atom stereocenters. The topological polar surface area (TPSA) is 37.3 Å². The van der Waals surface area contributed by atoms with Gasteiger partial charge in [-0.3, -0.25) is 4.79 Å². The van der Waals surface area contributed by atoms with Crippen LogP contribution in [0.5, 0.6) is 0 Å². The van der Waals surface area contributed by atoms with E-state index in [9.17, 15) is 4.79 Å². The summed E-state index contributed by atoms with van der Waals surface area (Å²) < 4.78 is 0. The average molecular weight is 276 g/mol. The standard InChI is InChI=1S/C18H28O2/c1-2-3-4-5-6-7-8-9-10-11-12-13-14-15-16-17-18(19)20/h2,4-5,7-8,10-11H,1,3,6,9,12-17H2,(H,19,20). The predicted molar refractivity (Wildman–Crippen MR) is 86.8 cm³/mol. The van der Waals surface area contributed by atoms with Gasteiger partial charge in [0.2, 0.25) is 0 Å². The van der Waals surface area contributed by atoms with Crippen LogP contribution in [-0.2, 0) is 4.79 Å². The molecule has 0 rings (SSSR count). The molecule has 0 saturated heterocycles. The van der Waals surface area contributed by atoms with E-state index in [4.69, 9.17) is 5.11 Å². The predicted octanol–water partition coefficient (Wildman–Crippen LogP) is 5.44. The van der Waals surface area contributed by atoms with E-state index < -0.39 is 5.97 Å². The number of rotatable bonds is 13. The maximum atomic E-state index is 10.3. The van der Waals surface area contributed by atoms with E-state index in [2.05, 4.69) is 43.0 Å². The number of allylic oxidation sites excluding steroid dienone is 7. The first kappa shape index (κ1) is 18.4. The summed E-state index contributed by atoms with van der Waals surface area (Å²) in [4.78, 5) is 10.3. The molecule has 0 aliphatic heterocycles. The van der Waals surface area contributed by atoms with Gasteiger partial charge in [-0.2, -0.15) is 0 Å². The lowest BCUT2D eigenvalue weighted by molar-refractivity contribution is -0.137. The van der Waals surface area contributed by atoms with Crippen LogP contribution < -0.4 is 0 Å². The van der Waals surface area contributed by atoms with Gasteiger partial charge in [0.1, 0.15) is 0 Å². The molecule has 0 aliphatic rings. The van der Waals surface area contributed by atoms with Crippen LogP contribution in [0.15, 0.2) is 49.1 Å². The molecule has 0 radical (unpaired) electrons. The number of aliphatic carboxylic acids is 1.